The van der Waals surface area contributed by atoms with Gasteiger partial charge < -0.3 is 15.8 Å². The topological polar surface area (TPSA) is 122 Å². The highest BCUT2D eigenvalue weighted by Gasteiger charge is 2.21. The number of ether oxygens (including phenoxy) is 1. The number of nitrogen functional groups attached to an aromatic ring is 1. The molecule has 1 saturated heterocycles. The van der Waals surface area contributed by atoms with E-state index < -0.39 is 5.82 Å². The number of pyridine rings is 1. The molecule has 0 bridgehead atoms. The lowest BCUT2D eigenvalue weighted by molar-refractivity contribution is 0.343. The van der Waals surface area contributed by atoms with Crippen LogP contribution in [0.25, 0.3) is 28.2 Å². The first-order valence-electron chi connectivity index (χ1n) is 10.5. The van der Waals surface area contributed by atoms with Crippen molar-refractivity contribution in [2.75, 3.05) is 18.8 Å². The summed E-state index contributed by atoms with van der Waals surface area (Å²) in [5.41, 5.74) is 8.71. The third-order valence-corrected chi connectivity index (χ3v) is 5.62. The third-order valence-electron chi connectivity index (χ3n) is 5.62. The summed E-state index contributed by atoms with van der Waals surface area (Å²) in [7, 11) is 0. The van der Waals surface area contributed by atoms with Crippen molar-refractivity contribution < 1.29 is 9.13 Å². The van der Waals surface area contributed by atoms with Gasteiger partial charge in [0.15, 0.2) is 17.4 Å². The van der Waals surface area contributed by atoms with Gasteiger partial charge in [-0.3, -0.25) is 4.68 Å². The zero-order chi connectivity index (χ0) is 22.8. The van der Waals surface area contributed by atoms with Gasteiger partial charge in [-0.2, -0.15) is 9.78 Å². The molecule has 11 heteroatoms. The van der Waals surface area contributed by atoms with Gasteiger partial charge in [0.25, 0.3) is 0 Å². The van der Waals surface area contributed by atoms with E-state index in [0.29, 0.717) is 23.1 Å². The van der Waals surface area contributed by atoms with E-state index in [9.17, 15) is 4.39 Å². The van der Waals surface area contributed by atoms with Crippen molar-refractivity contribution in [2.24, 2.45) is 0 Å². The molecule has 168 valence electrons. The van der Waals surface area contributed by atoms with Crippen molar-refractivity contribution in [3.05, 3.63) is 61.5 Å². The van der Waals surface area contributed by atoms with Crippen molar-refractivity contribution in [3.63, 3.8) is 0 Å². The summed E-state index contributed by atoms with van der Waals surface area (Å²) in [5, 5.41) is 19.8. The third kappa shape index (κ3) is 3.94. The molecule has 0 unspecified atom stereocenters. The quantitative estimate of drug-likeness (QED) is 0.433. The Bertz CT molecular complexity index is 1290. The summed E-state index contributed by atoms with van der Waals surface area (Å²) < 4.78 is 23.0. The summed E-state index contributed by atoms with van der Waals surface area (Å²) >= 11 is 0. The number of aromatic nitrogens is 7. The van der Waals surface area contributed by atoms with Gasteiger partial charge in [-0.1, -0.05) is 12.6 Å². The van der Waals surface area contributed by atoms with E-state index in [2.05, 4.69) is 37.5 Å². The van der Waals surface area contributed by atoms with Crippen LogP contribution in [0.15, 0.2) is 55.7 Å². The number of anilines is 1. The van der Waals surface area contributed by atoms with Crippen LogP contribution in [0.3, 0.4) is 0 Å². The summed E-state index contributed by atoms with van der Waals surface area (Å²) in [6, 6.07) is 6.67. The Balaban J connectivity index is 1.54. The molecule has 3 aromatic heterocycles. The molecule has 1 aromatic carbocycles. The number of tetrazole rings is 1. The Kier molecular flexibility index (Phi) is 5.53. The summed E-state index contributed by atoms with van der Waals surface area (Å²) in [5.74, 6) is -0.0822. The minimum atomic E-state index is -0.570. The summed E-state index contributed by atoms with van der Waals surface area (Å²) in [6.45, 7) is 5.46. The molecule has 0 spiro atoms. The highest BCUT2D eigenvalue weighted by Crippen LogP contribution is 2.33. The number of nitrogens with two attached hydrogens (primary N) is 1. The van der Waals surface area contributed by atoms with Gasteiger partial charge in [-0.25, -0.2) is 9.37 Å². The molecule has 4 aromatic rings. The maximum Gasteiger partial charge on any atom is 0.190 e. The Morgan fingerprint density at radius 2 is 2.06 bits per heavy atom. The number of halogens is 1. The molecular formula is C22H22FN9O. The average Bonchev–Trinajstić information content (AvgIpc) is 3.52. The van der Waals surface area contributed by atoms with Crippen molar-refractivity contribution in [1.82, 2.24) is 40.3 Å². The lowest BCUT2D eigenvalue weighted by Gasteiger charge is -2.22. The predicted molar refractivity (Wildman–Crippen MR) is 120 cm³/mol. The van der Waals surface area contributed by atoms with E-state index in [-0.39, 0.29) is 11.6 Å². The Morgan fingerprint density at radius 1 is 1.21 bits per heavy atom. The average molecular weight is 447 g/mol. The minimum Gasteiger partial charge on any atom is -0.460 e. The lowest BCUT2D eigenvalue weighted by atomic mass is 10.1. The van der Waals surface area contributed by atoms with Gasteiger partial charge in [0, 0.05) is 23.5 Å². The number of benzene rings is 1. The molecule has 0 radical (unpaired) electrons. The van der Waals surface area contributed by atoms with Gasteiger partial charge in [-0.05, 0) is 54.6 Å². The molecule has 3 N–H and O–H groups in total. The highest BCUT2D eigenvalue weighted by atomic mass is 19.1. The van der Waals surface area contributed by atoms with Crippen LogP contribution in [0, 0.1) is 5.82 Å². The van der Waals surface area contributed by atoms with E-state index in [1.165, 1.54) is 10.7 Å². The fourth-order valence-electron chi connectivity index (χ4n) is 3.95. The zero-order valence-corrected chi connectivity index (χ0v) is 17.7. The number of nitrogens with one attached hydrogen (secondary N) is 1. The van der Waals surface area contributed by atoms with E-state index in [4.69, 9.17) is 10.5 Å². The van der Waals surface area contributed by atoms with Crippen molar-refractivity contribution in [3.8, 4) is 34.0 Å². The normalized spacial score (nSPS) is 14.3. The van der Waals surface area contributed by atoms with Crippen LogP contribution in [0.2, 0.25) is 0 Å². The fourth-order valence-corrected chi connectivity index (χ4v) is 3.95. The Labute approximate surface area is 188 Å². The molecule has 1 aliphatic rings. The predicted octanol–water partition coefficient (Wildman–Crippen LogP) is 2.76. The SMILES string of the molecule is C=COc1c(F)cccc1-n1nnnc1-c1cc(-c2cnn(C3CCNCC3)c2)cnc1N. The summed E-state index contributed by atoms with van der Waals surface area (Å²) in [6.07, 6.45) is 8.71. The van der Waals surface area contributed by atoms with Gasteiger partial charge in [0.2, 0.25) is 0 Å². The number of para-hydroxylation sites is 1. The molecule has 10 nitrogen and oxygen atoms in total. The Hall–Kier alpha value is -4.12. The molecule has 0 amide bonds. The minimum absolute atomic E-state index is 0.0491. The Morgan fingerprint density at radius 3 is 2.88 bits per heavy atom. The van der Waals surface area contributed by atoms with Crippen LogP contribution in [0.1, 0.15) is 18.9 Å². The fraction of sp³-hybridized carbons (Fsp3) is 0.227. The molecule has 33 heavy (non-hydrogen) atoms. The van der Waals surface area contributed by atoms with Crippen molar-refractivity contribution in [2.45, 2.75) is 18.9 Å². The lowest BCUT2D eigenvalue weighted by Crippen LogP contribution is -2.29. The van der Waals surface area contributed by atoms with E-state index in [0.717, 1.165) is 43.3 Å². The van der Waals surface area contributed by atoms with Crippen molar-refractivity contribution >= 4 is 5.82 Å². The monoisotopic (exact) mass is 447 g/mol. The van der Waals surface area contributed by atoms with E-state index in [1.54, 1.807) is 18.3 Å². The second-order valence-corrected chi connectivity index (χ2v) is 7.63. The molecule has 0 saturated carbocycles. The maximum atomic E-state index is 14.4. The van der Waals surface area contributed by atoms with Crippen LogP contribution >= 0.6 is 0 Å². The number of hydrogen-bond acceptors (Lipinski definition) is 8. The second kappa shape index (κ2) is 8.79. The second-order valence-electron chi connectivity index (χ2n) is 7.63. The molecule has 0 atom stereocenters. The zero-order valence-electron chi connectivity index (χ0n) is 17.7. The summed E-state index contributed by atoms with van der Waals surface area (Å²) in [4.78, 5) is 4.34. The first-order chi connectivity index (χ1) is 16.2. The standard InChI is InChI=1S/C22H22FN9O/c1-2-33-20-18(23)4-3-5-19(20)32-22(28-29-30-32)17-10-14(11-26-21(17)24)15-12-27-31(13-15)16-6-8-25-9-7-16/h2-5,10-13,16,25H,1,6-9H2,(H2,24,26). The van der Waals surface area contributed by atoms with Gasteiger partial charge in [0.05, 0.1) is 24.1 Å². The van der Waals surface area contributed by atoms with Gasteiger partial charge >= 0.3 is 0 Å². The first-order valence-corrected chi connectivity index (χ1v) is 10.5. The van der Waals surface area contributed by atoms with Crippen LogP contribution in [0.4, 0.5) is 10.2 Å². The van der Waals surface area contributed by atoms with Gasteiger partial charge in [0.1, 0.15) is 11.5 Å². The van der Waals surface area contributed by atoms with E-state index >= 15 is 0 Å². The molecular weight excluding hydrogens is 425 g/mol. The van der Waals surface area contributed by atoms with E-state index in [1.807, 2.05) is 23.1 Å². The highest BCUT2D eigenvalue weighted by molar-refractivity contribution is 5.76. The molecule has 1 aliphatic heterocycles. The maximum absolute atomic E-state index is 14.4. The largest absolute Gasteiger partial charge is 0.460 e. The number of hydrogen-bond donors (Lipinski definition) is 2. The number of piperidine rings is 1. The smallest absolute Gasteiger partial charge is 0.190 e. The number of nitrogens with zero attached hydrogens (tertiary/aromatic N) is 7. The van der Waals surface area contributed by atoms with Crippen LogP contribution in [-0.2, 0) is 0 Å². The van der Waals surface area contributed by atoms with Crippen LogP contribution in [-0.4, -0.2) is 48.1 Å². The van der Waals surface area contributed by atoms with Crippen LogP contribution in [0.5, 0.6) is 5.75 Å². The molecule has 0 aliphatic carbocycles. The number of rotatable bonds is 6. The molecule has 5 rings (SSSR count). The molecule has 1 fully saturated rings. The molecule has 4 heterocycles. The van der Waals surface area contributed by atoms with Crippen molar-refractivity contribution in [1.29, 1.82) is 0 Å². The van der Waals surface area contributed by atoms with Gasteiger partial charge in [-0.15, -0.1) is 5.10 Å². The van der Waals surface area contributed by atoms with Crippen LogP contribution < -0.4 is 15.8 Å². The first kappa shape index (κ1) is 20.8.